The number of halogens is 3. The molecule has 0 unspecified atom stereocenters. The van der Waals surface area contributed by atoms with Crippen molar-refractivity contribution in [2.24, 2.45) is 0 Å². The molecule has 22 heavy (non-hydrogen) atoms. The van der Waals surface area contributed by atoms with Crippen LogP contribution in [0, 0.1) is 0 Å². The van der Waals surface area contributed by atoms with Gasteiger partial charge in [0.15, 0.2) is 0 Å². The Labute approximate surface area is 126 Å². The van der Waals surface area contributed by atoms with Crippen molar-refractivity contribution in [2.75, 3.05) is 19.6 Å². The maximum absolute atomic E-state index is 12.8. The first-order valence-corrected chi connectivity index (χ1v) is 7.65. The van der Waals surface area contributed by atoms with Gasteiger partial charge in [-0.05, 0) is 18.9 Å². The van der Waals surface area contributed by atoms with Crippen molar-refractivity contribution in [1.29, 1.82) is 0 Å². The number of hydrogen-bond acceptors (Lipinski definition) is 3. The van der Waals surface area contributed by atoms with Crippen LogP contribution in [0.2, 0.25) is 0 Å². The molecule has 4 nitrogen and oxygen atoms in total. The van der Waals surface area contributed by atoms with Crippen LogP contribution in [0.5, 0.6) is 0 Å². The number of aromatic amines is 1. The Morgan fingerprint density at radius 2 is 2.00 bits per heavy atom. The molecule has 2 aliphatic rings. The molecule has 3 rings (SSSR count). The molecule has 2 heterocycles. The van der Waals surface area contributed by atoms with E-state index < -0.39 is 17.3 Å². The van der Waals surface area contributed by atoms with Gasteiger partial charge in [0, 0.05) is 43.5 Å². The average Bonchev–Trinajstić information content (AvgIpc) is 2.92. The second kappa shape index (κ2) is 5.70. The summed E-state index contributed by atoms with van der Waals surface area (Å²) in [6.45, 7) is 2.69. The smallest absolute Gasteiger partial charge is 0.328 e. The lowest BCUT2D eigenvalue weighted by molar-refractivity contribution is -0.137. The third-order valence-electron chi connectivity index (χ3n) is 4.89. The van der Waals surface area contributed by atoms with E-state index in [1.165, 1.54) is 0 Å². The van der Waals surface area contributed by atoms with Crippen LogP contribution in [-0.4, -0.2) is 35.1 Å². The van der Waals surface area contributed by atoms with Crippen molar-refractivity contribution in [3.8, 4) is 0 Å². The first kappa shape index (κ1) is 15.6. The standard InChI is InChI=1S/C15H20F3N3O/c16-15(17,18)12-7-11(13(22)20-8-12)9-21-6-5-19-10-14(21)3-1-2-4-14/h7-8,19H,1-6,9-10H2,(H,20,22). The summed E-state index contributed by atoms with van der Waals surface area (Å²) in [7, 11) is 0. The first-order chi connectivity index (χ1) is 10.4. The highest BCUT2D eigenvalue weighted by Crippen LogP contribution is 2.37. The minimum atomic E-state index is -4.44. The second-order valence-electron chi connectivity index (χ2n) is 6.27. The second-order valence-corrected chi connectivity index (χ2v) is 6.27. The molecule has 1 saturated heterocycles. The number of piperazine rings is 1. The monoisotopic (exact) mass is 315 g/mol. The molecular formula is C15H20F3N3O. The SMILES string of the molecule is O=c1[nH]cc(C(F)(F)F)cc1CN1CCNCC12CCCC2. The summed E-state index contributed by atoms with van der Waals surface area (Å²) < 4.78 is 38.5. The molecule has 0 bridgehead atoms. The molecule has 2 N–H and O–H groups in total. The van der Waals surface area contributed by atoms with Crippen molar-refractivity contribution in [3.05, 3.63) is 33.7 Å². The summed E-state index contributed by atoms with van der Waals surface area (Å²) in [5.41, 5.74) is -1.03. The van der Waals surface area contributed by atoms with Crippen LogP contribution in [0.1, 0.15) is 36.8 Å². The summed E-state index contributed by atoms with van der Waals surface area (Å²) in [6, 6.07) is 0.990. The summed E-state index contributed by atoms with van der Waals surface area (Å²) in [4.78, 5) is 16.3. The Balaban J connectivity index is 1.87. The van der Waals surface area contributed by atoms with E-state index in [0.717, 1.165) is 57.6 Å². The molecule has 1 aromatic rings. The fourth-order valence-corrected chi connectivity index (χ4v) is 3.67. The summed E-state index contributed by atoms with van der Waals surface area (Å²) in [6.07, 6.45) is 0.657. The van der Waals surface area contributed by atoms with E-state index in [1.54, 1.807) is 0 Å². The average molecular weight is 315 g/mol. The van der Waals surface area contributed by atoms with Crippen molar-refractivity contribution in [3.63, 3.8) is 0 Å². The lowest BCUT2D eigenvalue weighted by Gasteiger charge is -2.45. The van der Waals surface area contributed by atoms with Gasteiger partial charge in [-0.1, -0.05) is 12.8 Å². The zero-order valence-corrected chi connectivity index (χ0v) is 12.3. The van der Waals surface area contributed by atoms with Gasteiger partial charge in [0.1, 0.15) is 0 Å². The first-order valence-electron chi connectivity index (χ1n) is 7.65. The van der Waals surface area contributed by atoms with Gasteiger partial charge in [0.05, 0.1) is 5.56 Å². The Morgan fingerprint density at radius 1 is 1.27 bits per heavy atom. The molecule has 0 aromatic carbocycles. The Morgan fingerprint density at radius 3 is 2.68 bits per heavy atom. The third-order valence-corrected chi connectivity index (χ3v) is 4.89. The Hall–Kier alpha value is -1.34. The van der Waals surface area contributed by atoms with Crippen LogP contribution in [0.25, 0.3) is 0 Å². The van der Waals surface area contributed by atoms with Gasteiger partial charge in [0.25, 0.3) is 5.56 Å². The molecule has 1 aromatic heterocycles. The van der Waals surface area contributed by atoms with E-state index >= 15 is 0 Å². The molecular weight excluding hydrogens is 295 g/mol. The number of aromatic nitrogens is 1. The highest BCUT2D eigenvalue weighted by atomic mass is 19.4. The number of alkyl halides is 3. The Bertz CT molecular complexity index is 590. The minimum absolute atomic E-state index is 0.00106. The zero-order valence-electron chi connectivity index (χ0n) is 12.3. The van der Waals surface area contributed by atoms with Crippen molar-refractivity contribution < 1.29 is 13.2 Å². The van der Waals surface area contributed by atoms with E-state index in [-0.39, 0.29) is 17.6 Å². The molecule has 0 radical (unpaired) electrons. The van der Waals surface area contributed by atoms with E-state index in [0.29, 0.717) is 0 Å². The number of H-pyrrole nitrogens is 1. The highest BCUT2D eigenvalue weighted by molar-refractivity contribution is 5.21. The van der Waals surface area contributed by atoms with Gasteiger partial charge in [0.2, 0.25) is 0 Å². The van der Waals surface area contributed by atoms with E-state index in [4.69, 9.17) is 0 Å². The fourth-order valence-electron chi connectivity index (χ4n) is 3.67. The van der Waals surface area contributed by atoms with E-state index in [9.17, 15) is 18.0 Å². The van der Waals surface area contributed by atoms with Gasteiger partial charge in [-0.3, -0.25) is 9.69 Å². The maximum Gasteiger partial charge on any atom is 0.417 e. The lowest BCUT2D eigenvalue weighted by Crippen LogP contribution is -2.59. The highest BCUT2D eigenvalue weighted by Gasteiger charge is 2.41. The predicted molar refractivity (Wildman–Crippen MR) is 76.5 cm³/mol. The van der Waals surface area contributed by atoms with Gasteiger partial charge in [-0.15, -0.1) is 0 Å². The van der Waals surface area contributed by atoms with Gasteiger partial charge in [-0.2, -0.15) is 13.2 Å². The van der Waals surface area contributed by atoms with Crippen molar-refractivity contribution in [2.45, 2.75) is 43.9 Å². The summed E-state index contributed by atoms with van der Waals surface area (Å²) in [5.74, 6) is 0. The third kappa shape index (κ3) is 2.92. The van der Waals surface area contributed by atoms with E-state index in [1.807, 2.05) is 0 Å². The fraction of sp³-hybridized carbons (Fsp3) is 0.667. The topological polar surface area (TPSA) is 48.1 Å². The van der Waals surface area contributed by atoms with E-state index in [2.05, 4.69) is 15.2 Å². The van der Waals surface area contributed by atoms with Gasteiger partial charge in [-0.25, -0.2) is 0 Å². The molecule has 0 atom stereocenters. The molecule has 1 aliphatic heterocycles. The van der Waals surface area contributed by atoms with Crippen LogP contribution in [-0.2, 0) is 12.7 Å². The van der Waals surface area contributed by atoms with Crippen LogP contribution in [0.4, 0.5) is 13.2 Å². The molecule has 1 spiro atoms. The molecule has 1 saturated carbocycles. The van der Waals surface area contributed by atoms with Crippen LogP contribution in [0.3, 0.4) is 0 Å². The quantitative estimate of drug-likeness (QED) is 0.879. The van der Waals surface area contributed by atoms with Gasteiger partial charge < -0.3 is 10.3 Å². The summed E-state index contributed by atoms with van der Waals surface area (Å²) >= 11 is 0. The molecule has 0 amide bonds. The predicted octanol–water partition coefficient (Wildman–Crippen LogP) is 2.11. The minimum Gasteiger partial charge on any atom is -0.328 e. The van der Waals surface area contributed by atoms with Crippen molar-refractivity contribution in [1.82, 2.24) is 15.2 Å². The van der Waals surface area contributed by atoms with Crippen LogP contribution in [0.15, 0.2) is 17.1 Å². The number of nitrogens with one attached hydrogen (secondary N) is 2. The lowest BCUT2D eigenvalue weighted by atomic mass is 9.92. The molecule has 2 fully saturated rings. The Kier molecular flexibility index (Phi) is 4.03. The maximum atomic E-state index is 12.8. The van der Waals surface area contributed by atoms with Crippen LogP contribution >= 0.6 is 0 Å². The molecule has 7 heteroatoms. The van der Waals surface area contributed by atoms with Gasteiger partial charge >= 0.3 is 6.18 Å². The number of hydrogen-bond donors (Lipinski definition) is 2. The van der Waals surface area contributed by atoms with Crippen LogP contribution < -0.4 is 10.9 Å². The zero-order chi connectivity index (χ0) is 15.8. The largest absolute Gasteiger partial charge is 0.417 e. The van der Waals surface area contributed by atoms with Crippen molar-refractivity contribution >= 4 is 0 Å². The number of rotatable bonds is 2. The molecule has 1 aliphatic carbocycles. The number of pyridine rings is 1. The number of nitrogens with zero attached hydrogens (tertiary/aromatic N) is 1. The normalized spacial score (nSPS) is 22.3. The summed E-state index contributed by atoms with van der Waals surface area (Å²) in [5, 5.41) is 3.38. The molecule has 122 valence electrons.